The molecule has 0 bridgehead atoms. The molecule has 0 spiro atoms. The fourth-order valence-electron chi connectivity index (χ4n) is 1.78. The molecule has 0 radical (unpaired) electrons. The summed E-state index contributed by atoms with van der Waals surface area (Å²) in [6, 6.07) is 7.87. The zero-order chi connectivity index (χ0) is 14.5. The SMILES string of the molecule is CCNc1ncc(Br)c(NC(C)c2cccc(Cl)c2)n1. The number of aromatic nitrogens is 2. The molecule has 0 aliphatic carbocycles. The first-order valence-corrected chi connectivity index (χ1v) is 7.55. The van der Waals surface area contributed by atoms with Crippen LogP contribution in [-0.2, 0) is 0 Å². The molecule has 2 aromatic rings. The quantitative estimate of drug-likeness (QED) is 0.829. The maximum atomic E-state index is 6.02. The van der Waals surface area contributed by atoms with E-state index in [0.717, 1.165) is 27.4 Å². The summed E-state index contributed by atoms with van der Waals surface area (Å²) in [5.41, 5.74) is 1.10. The zero-order valence-electron chi connectivity index (χ0n) is 11.3. The van der Waals surface area contributed by atoms with E-state index < -0.39 is 0 Å². The fraction of sp³-hybridized carbons (Fsp3) is 0.286. The maximum absolute atomic E-state index is 6.02. The third kappa shape index (κ3) is 3.84. The standard InChI is InChI=1S/C14H16BrClN4/c1-3-17-14-18-8-12(15)13(20-14)19-9(2)10-5-4-6-11(16)7-10/h4-9H,3H2,1-2H3,(H2,17,18,19,20). The van der Waals surface area contributed by atoms with Crippen molar-refractivity contribution in [2.24, 2.45) is 0 Å². The third-order valence-corrected chi connectivity index (χ3v) is 3.60. The van der Waals surface area contributed by atoms with Crippen LogP contribution in [0.15, 0.2) is 34.9 Å². The summed E-state index contributed by atoms with van der Waals surface area (Å²) < 4.78 is 0.827. The molecule has 1 aromatic heterocycles. The summed E-state index contributed by atoms with van der Waals surface area (Å²) in [4.78, 5) is 8.63. The predicted octanol–water partition coefficient (Wildman–Crippen LogP) is 4.50. The van der Waals surface area contributed by atoms with Gasteiger partial charge in [0.25, 0.3) is 0 Å². The van der Waals surface area contributed by atoms with E-state index in [1.54, 1.807) is 6.20 Å². The van der Waals surface area contributed by atoms with E-state index in [0.29, 0.717) is 5.95 Å². The van der Waals surface area contributed by atoms with Crippen LogP contribution in [0.2, 0.25) is 5.02 Å². The molecule has 20 heavy (non-hydrogen) atoms. The number of hydrogen-bond acceptors (Lipinski definition) is 4. The number of nitrogens with zero attached hydrogens (tertiary/aromatic N) is 2. The molecule has 0 aliphatic heterocycles. The highest BCUT2D eigenvalue weighted by Gasteiger charge is 2.10. The van der Waals surface area contributed by atoms with Gasteiger partial charge >= 0.3 is 0 Å². The highest BCUT2D eigenvalue weighted by molar-refractivity contribution is 9.10. The number of anilines is 2. The van der Waals surface area contributed by atoms with Crippen LogP contribution in [0.25, 0.3) is 0 Å². The molecule has 0 aliphatic rings. The normalized spacial score (nSPS) is 12.0. The molecule has 1 aromatic carbocycles. The van der Waals surface area contributed by atoms with Gasteiger partial charge in [-0.15, -0.1) is 0 Å². The van der Waals surface area contributed by atoms with Gasteiger partial charge in [-0.2, -0.15) is 4.98 Å². The van der Waals surface area contributed by atoms with Gasteiger partial charge < -0.3 is 10.6 Å². The highest BCUT2D eigenvalue weighted by Crippen LogP contribution is 2.26. The first-order valence-electron chi connectivity index (χ1n) is 6.38. The van der Waals surface area contributed by atoms with Gasteiger partial charge in [0.05, 0.1) is 10.5 Å². The van der Waals surface area contributed by atoms with Crippen LogP contribution in [0, 0.1) is 0 Å². The highest BCUT2D eigenvalue weighted by atomic mass is 79.9. The van der Waals surface area contributed by atoms with Gasteiger partial charge in [0.1, 0.15) is 5.82 Å². The Bertz CT molecular complexity index is 591. The van der Waals surface area contributed by atoms with Crippen molar-refractivity contribution in [3.8, 4) is 0 Å². The second-order valence-corrected chi connectivity index (χ2v) is 5.63. The molecule has 0 fully saturated rings. The Hall–Kier alpha value is -1.33. The molecule has 4 nitrogen and oxygen atoms in total. The van der Waals surface area contributed by atoms with Gasteiger partial charge in [-0.05, 0) is 47.5 Å². The molecule has 2 rings (SSSR count). The molecule has 0 saturated carbocycles. The lowest BCUT2D eigenvalue weighted by atomic mass is 10.1. The number of benzene rings is 1. The Balaban J connectivity index is 2.18. The Morgan fingerprint density at radius 3 is 2.90 bits per heavy atom. The van der Waals surface area contributed by atoms with Crippen molar-refractivity contribution < 1.29 is 0 Å². The van der Waals surface area contributed by atoms with E-state index in [4.69, 9.17) is 11.6 Å². The van der Waals surface area contributed by atoms with Crippen molar-refractivity contribution in [3.05, 3.63) is 45.5 Å². The minimum absolute atomic E-state index is 0.0920. The van der Waals surface area contributed by atoms with Crippen molar-refractivity contribution in [1.82, 2.24) is 9.97 Å². The summed E-state index contributed by atoms with van der Waals surface area (Å²) >= 11 is 9.47. The first-order chi connectivity index (χ1) is 9.60. The lowest BCUT2D eigenvalue weighted by Crippen LogP contribution is -2.10. The van der Waals surface area contributed by atoms with Crippen LogP contribution in [0.3, 0.4) is 0 Å². The fourth-order valence-corrected chi connectivity index (χ4v) is 2.28. The van der Waals surface area contributed by atoms with Crippen molar-refractivity contribution >= 4 is 39.3 Å². The van der Waals surface area contributed by atoms with Crippen LogP contribution >= 0.6 is 27.5 Å². The molecule has 106 valence electrons. The van der Waals surface area contributed by atoms with Crippen molar-refractivity contribution in [2.45, 2.75) is 19.9 Å². The smallest absolute Gasteiger partial charge is 0.224 e. The van der Waals surface area contributed by atoms with Gasteiger partial charge in [0.2, 0.25) is 5.95 Å². The van der Waals surface area contributed by atoms with E-state index in [1.165, 1.54) is 0 Å². The lowest BCUT2D eigenvalue weighted by molar-refractivity contribution is 0.869. The number of halogens is 2. The van der Waals surface area contributed by atoms with Gasteiger partial charge in [-0.3, -0.25) is 0 Å². The minimum Gasteiger partial charge on any atom is -0.362 e. The second-order valence-electron chi connectivity index (χ2n) is 4.34. The number of rotatable bonds is 5. The van der Waals surface area contributed by atoms with Crippen LogP contribution in [0.4, 0.5) is 11.8 Å². The van der Waals surface area contributed by atoms with Crippen molar-refractivity contribution in [2.75, 3.05) is 17.2 Å². The lowest BCUT2D eigenvalue weighted by Gasteiger charge is -2.16. The molecule has 0 amide bonds. The van der Waals surface area contributed by atoms with E-state index in [9.17, 15) is 0 Å². The van der Waals surface area contributed by atoms with E-state index in [2.05, 4.69) is 43.5 Å². The molecule has 1 heterocycles. The summed E-state index contributed by atoms with van der Waals surface area (Å²) in [5, 5.41) is 7.18. The molecule has 0 saturated heterocycles. The average Bonchev–Trinajstić information content (AvgIpc) is 2.43. The minimum atomic E-state index is 0.0920. The summed E-state index contributed by atoms with van der Waals surface area (Å²) in [7, 11) is 0. The Morgan fingerprint density at radius 1 is 1.40 bits per heavy atom. The molecule has 6 heteroatoms. The van der Waals surface area contributed by atoms with Gasteiger partial charge in [0, 0.05) is 17.8 Å². The van der Waals surface area contributed by atoms with Crippen molar-refractivity contribution in [1.29, 1.82) is 0 Å². The largest absolute Gasteiger partial charge is 0.362 e. The number of nitrogens with one attached hydrogen (secondary N) is 2. The van der Waals surface area contributed by atoms with Crippen LogP contribution in [-0.4, -0.2) is 16.5 Å². The summed E-state index contributed by atoms with van der Waals surface area (Å²) in [6.45, 7) is 4.85. The second kappa shape index (κ2) is 6.90. The Kier molecular flexibility index (Phi) is 5.20. The maximum Gasteiger partial charge on any atom is 0.224 e. The molecular formula is C14H16BrClN4. The van der Waals surface area contributed by atoms with Crippen LogP contribution in [0.1, 0.15) is 25.5 Å². The van der Waals surface area contributed by atoms with Gasteiger partial charge in [-0.25, -0.2) is 4.98 Å². The van der Waals surface area contributed by atoms with Crippen LogP contribution < -0.4 is 10.6 Å². The monoisotopic (exact) mass is 354 g/mol. The van der Waals surface area contributed by atoms with Gasteiger partial charge in [0.15, 0.2) is 0 Å². The van der Waals surface area contributed by atoms with E-state index in [1.807, 2.05) is 31.2 Å². The molecule has 1 unspecified atom stereocenters. The van der Waals surface area contributed by atoms with Crippen LogP contribution in [0.5, 0.6) is 0 Å². The Labute approximate surface area is 132 Å². The number of hydrogen-bond donors (Lipinski definition) is 2. The van der Waals surface area contributed by atoms with Gasteiger partial charge in [-0.1, -0.05) is 23.7 Å². The molecular weight excluding hydrogens is 340 g/mol. The predicted molar refractivity (Wildman–Crippen MR) is 87.4 cm³/mol. The first kappa shape index (κ1) is 15.1. The topological polar surface area (TPSA) is 49.8 Å². The van der Waals surface area contributed by atoms with E-state index >= 15 is 0 Å². The van der Waals surface area contributed by atoms with E-state index in [-0.39, 0.29) is 6.04 Å². The average molecular weight is 356 g/mol. The Morgan fingerprint density at radius 2 is 2.20 bits per heavy atom. The summed E-state index contributed by atoms with van der Waals surface area (Å²) in [5.74, 6) is 1.36. The molecule has 2 N–H and O–H groups in total. The zero-order valence-corrected chi connectivity index (χ0v) is 13.7. The summed E-state index contributed by atoms with van der Waals surface area (Å²) in [6.07, 6.45) is 1.73. The third-order valence-electron chi connectivity index (χ3n) is 2.78. The molecule has 1 atom stereocenters. The van der Waals surface area contributed by atoms with Crippen molar-refractivity contribution in [3.63, 3.8) is 0 Å².